The lowest BCUT2D eigenvalue weighted by molar-refractivity contribution is 0.411. The lowest BCUT2D eigenvalue weighted by Gasteiger charge is -2.14. The van der Waals surface area contributed by atoms with Gasteiger partial charge in [0.1, 0.15) is 0 Å². The second-order valence-electron chi connectivity index (χ2n) is 5.45. The van der Waals surface area contributed by atoms with E-state index in [2.05, 4.69) is 50.2 Å². The van der Waals surface area contributed by atoms with Gasteiger partial charge in [-0.2, -0.15) is 0 Å². The van der Waals surface area contributed by atoms with Gasteiger partial charge in [-0.25, -0.2) is 0 Å². The molecule has 0 spiro atoms. The Morgan fingerprint density at radius 1 is 1.10 bits per heavy atom. The molecule has 0 atom stereocenters. The fraction of sp³-hybridized carbons (Fsp3) is 0.471. The van der Waals surface area contributed by atoms with Crippen LogP contribution < -0.4 is 5.73 Å². The fourth-order valence-electron chi connectivity index (χ4n) is 2.72. The van der Waals surface area contributed by atoms with Crippen molar-refractivity contribution >= 4 is 5.88 Å². The van der Waals surface area contributed by atoms with E-state index in [0.29, 0.717) is 11.8 Å². The topological polar surface area (TPSA) is 52.0 Å². The van der Waals surface area contributed by atoms with Gasteiger partial charge < -0.3 is 10.3 Å². The summed E-state index contributed by atoms with van der Waals surface area (Å²) in [5, 5.41) is 4.25. The van der Waals surface area contributed by atoms with Crippen LogP contribution in [0.2, 0.25) is 0 Å². The third-order valence-corrected chi connectivity index (χ3v) is 3.75. The minimum Gasteiger partial charge on any atom is -0.367 e. The number of rotatable bonds is 6. The third kappa shape index (κ3) is 3.03. The fourth-order valence-corrected chi connectivity index (χ4v) is 2.72. The van der Waals surface area contributed by atoms with Gasteiger partial charge in [0.15, 0.2) is 0 Å². The van der Waals surface area contributed by atoms with Crippen LogP contribution in [0.5, 0.6) is 0 Å². The van der Waals surface area contributed by atoms with E-state index in [9.17, 15) is 0 Å². The van der Waals surface area contributed by atoms with Crippen molar-refractivity contribution in [3.8, 4) is 11.1 Å². The minimum atomic E-state index is 0.432. The molecule has 0 saturated carbocycles. The van der Waals surface area contributed by atoms with Crippen molar-refractivity contribution in [2.24, 2.45) is 0 Å². The predicted molar refractivity (Wildman–Crippen MR) is 83.6 cm³/mol. The van der Waals surface area contributed by atoms with Gasteiger partial charge in [0.05, 0.1) is 11.3 Å². The lowest BCUT2D eigenvalue weighted by Crippen LogP contribution is -2.01. The Labute approximate surface area is 121 Å². The van der Waals surface area contributed by atoms with Crippen molar-refractivity contribution in [3.05, 3.63) is 35.5 Å². The summed E-state index contributed by atoms with van der Waals surface area (Å²) in [4.78, 5) is 0. The van der Waals surface area contributed by atoms with E-state index < -0.39 is 0 Å². The van der Waals surface area contributed by atoms with E-state index in [1.807, 2.05) is 0 Å². The molecule has 2 aromatic rings. The molecule has 3 nitrogen and oxygen atoms in total. The smallest absolute Gasteiger partial charge is 0.230 e. The Morgan fingerprint density at radius 2 is 1.70 bits per heavy atom. The van der Waals surface area contributed by atoms with Crippen molar-refractivity contribution in [3.63, 3.8) is 0 Å². The molecule has 0 saturated heterocycles. The Morgan fingerprint density at radius 3 is 2.25 bits per heavy atom. The van der Waals surface area contributed by atoms with Crippen LogP contribution in [0.25, 0.3) is 11.1 Å². The van der Waals surface area contributed by atoms with Crippen molar-refractivity contribution in [2.75, 3.05) is 5.73 Å². The lowest BCUT2D eigenvalue weighted by atomic mass is 9.90. The molecule has 2 rings (SSSR count). The van der Waals surface area contributed by atoms with Crippen LogP contribution in [0, 0.1) is 6.92 Å². The van der Waals surface area contributed by atoms with E-state index >= 15 is 0 Å². The number of nitrogens with two attached hydrogens (primary N) is 1. The van der Waals surface area contributed by atoms with Crippen LogP contribution in [-0.4, -0.2) is 5.16 Å². The second kappa shape index (κ2) is 6.60. The molecule has 0 amide bonds. The van der Waals surface area contributed by atoms with Crippen LogP contribution in [0.15, 0.2) is 28.8 Å². The van der Waals surface area contributed by atoms with Gasteiger partial charge in [0.25, 0.3) is 0 Å². The molecular formula is C17H24N2O. The predicted octanol–water partition coefficient (Wildman–Crippen LogP) is 4.92. The maximum Gasteiger partial charge on any atom is 0.230 e. The Balaban J connectivity index is 2.42. The standard InChI is InChI=1S/C17H24N2O/c1-4-6-14(7-5-2)16-15(17(18)20-19-16)13-10-8-12(3)9-11-13/h8-11,14H,4-7,18H2,1-3H3. The molecule has 0 aliphatic heterocycles. The van der Waals surface area contributed by atoms with E-state index in [1.54, 1.807) is 0 Å². The van der Waals surface area contributed by atoms with Crippen molar-refractivity contribution < 1.29 is 4.52 Å². The molecule has 1 aromatic heterocycles. The molecule has 0 radical (unpaired) electrons. The van der Waals surface area contributed by atoms with Crippen LogP contribution >= 0.6 is 0 Å². The number of hydrogen-bond donors (Lipinski definition) is 1. The first-order valence-electron chi connectivity index (χ1n) is 7.49. The second-order valence-corrected chi connectivity index (χ2v) is 5.45. The number of aromatic nitrogens is 1. The highest BCUT2D eigenvalue weighted by Gasteiger charge is 2.22. The van der Waals surface area contributed by atoms with Crippen LogP contribution in [0.4, 0.5) is 5.88 Å². The van der Waals surface area contributed by atoms with Crippen molar-refractivity contribution in [2.45, 2.75) is 52.4 Å². The molecule has 20 heavy (non-hydrogen) atoms. The van der Waals surface area contributed by atoms with E-state index in [-0.39, 0.29) is 0 Å². The van der Waals surface area contributed by atoms with Gasteiger partial charge in [-0.15, -0.1) is 0 Å². The van der Waals surface area contributed by atoms with Crippen molar-refractivity contribution in [1.82, 2.24) is 5.16 Å². The molecule has 0 unspecified atom stereocenters. The average Bonchev–Trinajstić information content (AvgIpc) is 2.81. The SMILES string of the molecule is CCCC(CCC)c1noc(N)c1-c1ccc(C)cc1. The number of hydrogen-bond acceptors (Lipinski definition) is 3. The van der Waals surface area contributed by atoms with Crippen molar-refractivity contribution in [1.29, 1.82) is 0 Å². The van der Waals surface area contributed by atoms with E-state index in [1.165, 1.54) is 5.56 Å². The average molecular weight is 272 g/mol. The highest BCUT2D eigenvalue weighted by Crippen LogP contribution is 2.37. The molecule has 0 aliphatic carbocycles. The summed E-state index contributed by atoms with van der Waals surface area (Å²) in [6.07, 6.45) is 4.53. The number of anilines is 1. The summed E-state index contributed by atoms with van der Waals surface area (Å²) in [6, 6.07) is 8.38. The highest BCUT2D eigenvalue weighted by molar-refractivity contribution is 5.75. The molecule has 108 valence electrons. The summed E-state index contributed by atoms with van der Waals surface area (Å²) in [6.45, 7) is 6.49. The van der Waals surface area contributed by atoms with Crippen LogP contribution in [0.3, 0.4) is 0 Å². The van der Waals surface area contributed by atoms with E-state index in [4.69, 9.17) is 10.3 Å². The number of aryl methyl sites for hydroxylation is 1. The molecule has 0 fully saturated rings. The van der Waals surface area contributed by atoms with Crippen LogP contribution in [0.1, 0.15) is 56.7 Å². The zero-order valence-electron chi connectivity index (χ0n) is 12.6. The Bertz CT molecular complexity index is 537. The molecule has 0 bridgehead atoms. The number of nitrogens with zero attached hydrogens (tertiary/aromatic N) is 1. The number of benzene rings is 1. The largest absolute Gasteiger partial charge is 0.367 e. The maximum absolute atomic E-state index is 6.01. The Hall–Kier alpha value is -1.77. The van der Waals surface area contributed by atoms with Gasteiger partial charge in [0.2, 0.25) is 5.88 Å². The highest BCUT2D eigenvalue weighted by atomic mass is 16.5. The van der Waals surface area contributed by atoms with Gasteiger partial charge in [-0.3, -0.25) is 0 Å². The molecule has 1 heterocycles. The summed E-state index contributed by atoms with van der Waals surface area (Å²) in [5.41, 5.74) is 10.4. The first kappa shape index (κ1) is 14.6. The first-order valence-corrected chi connectivity index (χ1v) is 7.49. The molecule has 1 aromatic carbocycles. The van der Waals surface area contributed by atoms with Gasteiger partial charge in [0, 0.05) is 5.92 Å². The maximum atomic E-state index is 6.01. The number of nitrogen functional groups attached to an aromatic ring is 1. The quantitative estimate of drug-likeness (QED) is 0.812. The third-order valence-electron chi connectivity index (χ3n) is 3.75. The van der Waals surface area contributed by atoms with E-state index in [0.717, 1.165) is 42.5 Å². The van der Waals surface area contributed by atoms with Gasteiger partial charge in [-0.05, 0) is 25.3 Å². The van der Waals surface area contributed by atoms with Gasteiger partial charge in [-0.1, -0.05) is 61.7 Å². The summed E-state index contributed by atoms with van der Waals surface area (Å²) < 4.78 is 5.28. The summed E-state index contributed by atoms with van der Waals surface area (Å²) in [7, 11) is 0. The monoisotopic (exact) mass is 272 g/mol. The van der Waals surface area contributed by atoms with Gasteiger partial charge >= 0.3 is 0 Å². The minimum absolute atomic E-state index is 0.432. The molecule has 3 heteroatoms. The zero-order chi connectivity index (χ0) is 14.5. The Kier molecular flexibility index (Phi) is 4.83. The molecule has 2 N–H and O–H groups in total. The molecule has 0 aliphatic rings. The summed E-state index contributed by atoms with van der Waals surface area (Å²) >= 11 is 0. The summed E-state index contributed by atoms with van der Waals surface area (Å²) in [5.74, 6) is 0.864. The van der Waals surface area contributed by atoms with Crippen LogP contribution in [-0.2, 0) is 0 Å². The first-order chi connectivity index (χ1) is 9.67. The molecular weight excluding hydrogens is 248 g/mol. The zero-order valence-corrected chi connectivity index (χ0v) is 12.6. The normalized spacial score (nSPS) is 11.2.